The summed E-state index contributed by atoms with van der Waals surface area (Å²) in [5.74, 6) is 0.945. The number of nitro benzene ring substituents is 1. The Morgan fingerprint density at radius 1 is 1.17 bits per heavy atom. The number of fused-ring (bicyclic) bond motifs is 1. The van der Waals surface area contributed by atoms with Gasteiger partial charge in [0, 0.05) is 55.8 Å². The summed E-state index contributed by atoms with van der Waals surface area (Å²) >= 11 is 0. The molecule has 1 saturated heterocycles. The van der Waals surface area contributed by atoms with E-state index in [0.29, 0.717) is 37.6 Å². The van der Waals surface area contributed by atoms with Gasteiger partial charge in [0.1, 0.15) is 12.1 Å². The average Bonchev–Trinajstić information content (AvgIpc) is 3.15. The first-order valence-electron chi connectivity index (χ1n) is 8.83. The fourth-order valence-electron chi connectivity index (χ4n) is 3.37. The zero-order chi connectivity index (χ0) is 20.5. The van der Waals surface area contributed by atoms with Crippen molar-refractivity contribution in [2.75, 3.05) is 36.0 Å². The van der Waals surface area contributed by atoms with E-state index in [2.05, 4.69) is 24.7 Å². The summed E-state index contributed by atoms with van der Waals surface area (Å²) in [7, 11) is 0. The van der Waals surface area contributed by atoms with Gasteiger partial charge >= 0.3 is 12.3 Å². The van der Waals surface area contributed by atoms with Crippen molar-refractivity contribution < 1.29 is 18.4 Å². The van der Waals surface area contributed by atoms with Crippen molar-refractivity contribution in [1.82, 2.24) is 19.6 Å². The molecule has 1 aromatic carbocycles. The van der Waals surface area contributed by atoms with Crippen LogP contribution in [0.2, 0.25) is 0 Å². The maximum absolute atomic E-state index is 12.6. The molecular weight excluding hydrogens is 388 g/mol. The maximum Gasteiger partial charge on any atom is 0.387 e. The van der Waals surface area contributed by atoms with E-state index >= 15 is 0 Å². The molecule has 0 aliphatic carbocycles. The number of aryl methyl sites for hydroxylation is 1. The molecule has 0 N–H and O–H groups in total. The average molecular weight is 405 g/mol. The van der Waals surface area contributed by atoms with Crippen LogP contribution in [-0.2, 0) is 0 Å². The summed E-state index contributed by atoms with van der Waals surface area (Å²) in [5, 5.41) is 15.3. The van der Waals surface area contributed by atoms with Crippen molar-refractivity contribution in [2.24, 2.45) is 0 Å². The molecule has 3 heterocycles. The Kier molecular flexibility index (Phi) is 4.82. The highest BCUT2D eigenvalue weighted by molar-refractivity contribution is 5.60. The van der Waals surface area contributed by atoms with Gasteiger partial charge in [0.05, 0.1) is 4.92 Å². The predicted molar refractivity (Wildman–Crippen MR) is 99.7 cm³/mol. The Balaban J connectivity index is 1.53. The third kappa shape index (κ3) is 3.73. The van der Waals surface area contributed by atoms with Gasteiger partial charge in [0.15, 0.2) is 0 Å². The molecular formula is C17H17F2N7O3. The number of ether oxygens (including phenoxy) is 1. The van der Waals surface area contributed by atoms with Gasteiger partial charge in [-0.25, -0.2) is 4.98 Å². The van der Waals surface area contributed by atoms with E-state index in [-0.39, 0.29) is 0 Å². The lowest BCUT2D eigenvalue weighted by Gasteiger charge is -2.37. The highest BCUT2D eigenvalue weighted by Crippen LogP contribution is 2.33. The summed E-state index contributed by atoms with van der Waals surface area (Å²) in [6.07, 6.45) is 1.45. The molecule has 0 unspecified atom stereocenters. The molecule has 4 rings (SSSR count). The minimum atomic E-state index is -3.14. The Bertz CT molecular complexity index is 1050. The monoisotopic (exact) mass is 405 g/mol. The summed E-state index contributed by atoms with van der Waals surface area (Å²) in [5.41, 5.74) is 0.920. The number of nitrogens with zero attached hydrogens (tertiary/aromatic N) is 7. The normalized spacial score (nSPS) is 14.6. The van der Waals surface area contributed by atoms with Crippen molar-refractivity contribution in [1.29, 1.82) is 0 Å². The van der Waals surface area contributed by atoms with E-state index in [9.17, 15) is 18.9 Å². The van der Waals surface area contributed by atoms with Crippen LogP contribution in [0.15, 0.2) is 30.6 Å². The lowest BCUT2D eigenvalue weighted by atomic mass is 10.2. The molecule has 152 valence electrons. The summed E-state index contributed by atoms with van der Waals surface area (Å²) in [6, 6.07) is 5.94. The Labute approximate surface area is 163 Å². The first-order valence-corrected chi connectivity index (χ1v) is 8.83. The number of alkyl halides is 2. The molecule has 0 atom stereocenters. The van der Waals surface area contributed by atoms with E-state index < -0.39 is 23.0 Å². The zero-order valence-electron chi connectivity index (χ0n) is 15.4. The van der Waals surface area contributed by atoms with E-state index in [1.54, 1.807) is 10.6 Å². The van der Waals surface area contributed by atoms with Crippen LogP contribution in [0, 0.1) is 17.0 Å². The van der Waals surface area contributed by atoms with Crippen LogP contribution in [0.3, 0.4) is 0 Å². The van der Waals surface area contributed by atoms with E-state index in [0.717, 1.165) is 11.5 Å². The van der Waals surface area contributed by atoms with E-state index in [1.165, 1.54) is 18.5 Å². The summed E-state index contributed by atoms with van der Waals surface area (Å²) in [4.78, 5) is 22.9. The van der Waals surface area contributed by atoms with Gasteiger partial charge in [0.25, 0.3) is 5.78 Å². The number of hydrogen-bond donors (Lipinski definition) is 0. The molecule has 1 aliphatic heterocycles. The van der Waals surface area contributed by atoms with Crippen molar-refractivity contribution in [3.8, 4) is 5.75 Å². The fraction of sp³-hybridized carbons (Fsp3) is 0.353. The van der Waals surface area contributed by atoms with Crippen LogP contribution in [0.5, 0.6) is 5.75 Å². The Morgan fingerprint density at radius 2 is 1.90 bits per heavy atom. The van der Waals surface area contributed by atoms with Crippen LogP contribution in [0.25, 0.3) is 5.78 Å². The number of aromatic nitrogens is 4. The molecule has 10 nitrogen and oxygen atoms in total. The molecule has 2 aromatic heterocycles. The van der Waals surface area contributed by atoms with Crippen molar-refractivity contribution in [3.05, 3.63) is 46.4 Å². The highest BCUT2D eigenvalue weighted by Gasteiger charge is 2.24. The second-order valence-electron chi connectivity index (χ2n) is 6.49. The molecule has 0 amide bonds. The lowest BCUT2D eigenvalue weighted by molar-refractivity contribution is -0.386. The number of hydrogen-bond acceptors (Lipinski definition) is 8. The second-order valence-corrected chi connectivity index (χ2v) is 6.49. The minimum Gasteiger partial charge on any atom is -0.427 e. The number of halogens is 2. The van der Waals surface area contributed by atoms with E-state index in [1.807, 2.05) is 17.9 Å². The number of benzene rings is 1. The van der Waals surface area contributed by atoms with Crippen LogP contribution in [0.4, 0.5) is 26.0 Å². The number of anilines is 2. The smallest absolute Gasteiger partial charge is 0.387 e. The van der Waals surface area contributed by atoms with Gasteiger partial charge < -0.3 is 14.5 Å². The van der Waals surface area contributed by atoms with E-state index in [4.69, 9.17) is 0 Å². The number of nitro groups is 1. The molecule has 0 saturated carbocycles. The lowest BCUT2D eigenvalue weighted by Crippen LogP contribution is -2.47. The maximum atomic E-state index is 12.6. The largest absolute Gasteiger partial charge is 0.427 e. The first kappa shape index (κ1) is 18.8. The molecule has 0 radical (unpaired) electrons. The van der Waals surface area contributed by atoms with Crippen LogP contribution >= 0.6 is 0 Å². The molecule has 0 bridgehead atoms. The SMILES string of the molecule is Cc1cc(N2CCN(c3ccc([N+](=O)[O-])c(OC(F)F)c3)CC2)n2ncnc2n1. The van der Waals surface area contributed by atoms with Crippen molar-refractivity contribution in [2.45, 2.75) is 13.5 Å². The summed E-state index contributed by atoms with van der Waals surface area (Å²) < 4.78 is 31.3. The third-order valence-corrected chi connectivity index (χ3v) is 4.69. The predicted octanol–water partition coefficient (Wildman–Crippen LogP) is 2.27. The highest BCUT2D eigenvalue weighted by atomic mass is 19.3. The van der Waals surface area contributed by atoms with Gasteiger partial charge in [0.2, 0.25) is 5.75 Å². The molecule has 29 heavy (non-hydrogen) atoms. The van der Waals surface area contributed by atoms with Crippen molar-refractivity contribution >= 4 is 23.0 Å². The van der Waals surface area contributed by atoms with Gasteiger partial charge in [-0.05, 0) is 13.0 Å². The quantitative estimate of drug-likeness (QED) is 0.471. The number of rotatable bonds is 5. The van der Waals surface area contributed by atoms with Crippen molar-refractivity contribution in [3.63, 3.8) is 0 Å². The Morgan fingerprint density at radius 3 is 2.59 bits per heavy atom. The van der Waals surface area contributed by atoms with Crippen LogP contribution in [0.1, 0.15) is 5.69 Å². The van der Waals surface area contributed by atoms with Crippen LogP contribution < -0.4 is 14.5 Å². The molecule has 1 fully saturated rings. The fourth-order valence-corrected chi connectivity index (χ4v) is 3.37. The number of piperazine rings is 1. The van der Waals surface area contributed by atoms with Gasteiger partial charge in [-0.2, -0.15) is 23.4 Å². The minimum absolute atomic E-state index is 0.445. The third-order valence-electron chi connectivity index (χ3n) is 4.69. The second kappa shape index (κ2) is 7.45. The van der Waals surface area contributed by atoms with Gasteiger partial charge in [-0.3, -0.25) is 10.1 Å². The zero-order valence-corrected chi connectivity index (χ0v) is 15.4. The molecule has 3 aromatic rings. The molecule has 12 heteroatoms. The van der Waals surface area contributed by atoms with Gasteiger partial charge in [-0.1, -0.05) is 0 Å². The standard InChI is InChI=1S/C17H17F2N7O3/c1-11-8-15(25-17(22-11)20-10-21-25)24-6-4-23(5-7-24)12-2-3-13(26(27)28)14(9-12)29-16(18)19/h2-3,8-10,16H,4-7H2,1H3. The van der Waals surface area contributed by atoms with Crippen LogP contribution in [-0.4, -0.2) is 57.3 Å². The molecule has 1 aliphatic rings. The van der Waals surface area contributed by atoms with Gasteiger partial charge in [-0.15, -0.1) is 0 Å². The Hall–Kier alpha value is -3.57. The first-order chi connectivity index (χ1) is 13.9. The molecule has 0 spiro atoms. The topological polar surface area (TPSA) is 102 Å². The summed E-state index contributed by atoms with van der Waals surface area (Å²) in [6.45, 7) is 1.20.